The Morgan fingerprint density at radius 1 is 1.06 bits per heavy atom. The van der Waals surface area contributed by atoms with Crippen LogP contribution in [0, 0.1) is 0 Å². The largest absolute Gasteiger partial charge is 0.396 e. The van der Waals surface area contributed by atoms with Gasteiger partial charge in [-0.15, -0.1) is 0 Å². The highest BCUT2D eigenvalue weighted by atomic mass is 32.5. The van der Waals surface area contributed by atoms with E-state index in [0.717, 1.165) is 38.5 Å². The topological polar surface area (TPSA) is 58.9 Å². The van der Waals surface area contributed by atoms with Gasteiger partial charge in [-0.25, -0.2) is 0 Å². The standard InChI is InChI=1S/C11H25O4PS/c1-11(2)15-16(13,17)14-10-8-6-4-3-5-7-9-12/h11-12H,3-10H2,1-2H3,(H,13,17). The fourth-order valence-corrected chi connectivity index (χ4v) is 3.09. The van der Waals surface area contributed by atoms with E-state index >= 15 is 0 Å². The molecule has 4 nitrogen and oxygen atoms in total. The molecular weight excluding hydrogens is 259 g/mol. The number of rotatable bonds is 11. The highest BCUT2D eigenvalue weighted by molar-refractivity contribution is 8.07. The van der Waals surface area contributed by atoms with Crippen LogP contribution in [0.25, 0.3) is 0 Å². The molecule has 0 fully saturated rings. The normalized spacial score (nSPS) is 15.1. The van der Waals surface area contributed by atoms with E-state index in [0.29, 0.717) is 6.61 Å². The minimum atomic E-state index is -3.01. The molecule has 104 valence electrons. The van der Waals surface area contributed by atoms with Gasteiger partial charge in [0.25, 0.3) is 0 Å². The maximum Gasteiger partial charge on any atom is 0.324 e. The smallest absolute Gasteiger partial charge is 0.324 e. The second-order valence-electron chi connectivity index (χ2n) is 4.30. The third-order valence-electron chi connectivity index (χ3n) is 2.15. The molecule has 0 amide bonds. The van der Waals surface area contributed by atoms with Crippen LogP contribution in [0.1, 0.15) is 52.4 Å². The first-order chi connectivity index (χ1) is 7.98. The van der Waals surface area contributed by atoms with E-state index in [4.69, 9.17) is 26.0 Å². The molecule has 0 aliphatic carbocycles. The van der Waals surface area contributed by atoms with Crippen molar-refractivity contribution >= 4 is 18.5 Å². The summed E-state index contributed by atoms with van der Waals surface area (Å²) in [5.74, 6) is 0. The lowest BCUT2D eigenvalue weighted by molar-refractivity contribution is 0.160. The summed E-state index contributed by atoms with van der Waals surface area (Å²) in [6.07, 6.45) is 6.06. The zero-order valence-corrected chi connectivity index (χ0v) is 12.5. The van der Waals surface area contributed by atoms with Crippen molar-refractivity contribution in [3.8, 4) is 0 Å². The SMILES string of the molecule is CC(C)OP(O)(=S)OCCCCCCCCO. The van der Waals surface area contributed by atoms with Crippen molar-refractivity contribution in [1.82, 2.24) is 0 Å². The lowest BCUT2D eigenvalue weighted by Gasteiger charge is -2.17. The van der Waals surface area contributed by atoms with Gasteiger partial charge in [-0.3, -0.25) is 0 Å². The van der Waals surface area contributed by atoms with Crippen molar-refractivity contribution in [3.05, 3.63) is 0 Å². The molecule has 0 aromatic heterocycles. The number of unbranched alkanes of at least 4 members (excludes halogenated alkanes) is 5. The first-order valence-electron chi connectivity index (χ1n) is 6.24. The molecule has 1 unspecified atom stereocenters. The summed E-state index contributed by atoms with van der Waals surface area (Å²) in [5.41, 5.74) is 0. The summed E-state index contributed by atoms with van der Waals surface area (Å²) in [6.45, 7) is 1.37. The summed E-state index contributed by atoms with van der Waals surface area (Å²) in [6, 6.07) is 0. The summed E-state index contributed by atoms with van der Waals surface area (Å²) in [5, 5.41) is 8.60. The van der Waals surface area contributed by atoms with Crippen LogP contribution in [-0.4, -0.2) is 29.3 Å². The highest BCUT2D eigenvalue weighted by Crippen LogP contribution is 2.44. The van der Waals surface area contributed by atoms with Gasteiger partial charge in [0, 0.05) is 6.61 Å². The summed E-state index contributed by atoms with van der Waals surface area (Å²) < 4.78 is 10.3. The number of aliphatic hydroxyl groups is 1. The molecule has 0 radical (unpaired) electrons. The molecule has 2 N–H and O–H groups in total. The first kappa shape index (κ1) is 17.5. The Bertz CT molecular complexity index is 224. The van der Waals surface area contributed by atoms with E-state index in [9.17, 15) is 4.89 Å². The van der Waals surface area contributed by atoms with Crippen molar-refractivity contribution in [2.75, 3.05) is 13.2 Å². The van der Waals surface area contributed by atoms with Crippen molar-refractivity contribution in [2.24, 2.45) is 0 Å². The van der Waals surface area contributed by atoms with Gasteiger partial charge >= 0.3 is 6.72 Å². The van der Waals surface area contributed by atoms with Gasteiger partial charge < -0.3 is 19.0 Å². The van der Waals surface area contributed by atoms with Crippen molar-refractivity contribution in [3.63, 3.8) is 0 Å². The van der Waals surface area contributed by atoms with Gasteiger partial charge in [-0.2, -0.15) is 0 Å². The quantitative estimate of drug-likeness (QED) is 0.451. The Labute approximate surface area is 110 Å². The molecule has 0 rings (SSSR count). The number of hydrogen-bond donors (Lipinski definition) is 2. The lowest BCUT2D eigenvalue weighted by Crippen LogP contribution is -2.03. The van der Waals surface area contributed by atoms with E-state index in [-0.39, 0.29) is 12.7 Å². The molecule has 0 saturated carbocycles. The second-order valence-corrected chi connectivity index (χ2v) is 7.09. The zero-order chi connectivity index (χ0) is 13.1. The third kappa shape index (κ3) is 12.7. The molecule has 0 bridgehead atoms. The fourth-order valence-electron chi connectivity index (χ4n) is 1.40. The molecule has 0 aliphatic heterocycles. The lowest BCUT2D eigenvalue weighted by atomic mass is 10.1. The molecular formula is C11H25O4PS. The van der Waals surface area contributed by atoms with E-state index in [1.54, 1.807) is 0 Å². The van der Waals surface area contributed by atoms with Crippen LogP contribution < -0.4 is 0 Å². The third-order valence-corrected chi connectivity index (χ3v) is 3.92. The Morgan fingerprint density at radius 3 is 2.12 bits per heavy atom. The average Bonchev–Trinajstić information content (AvgIpc) is 2.20. The van der Waals surface area contributed by atoms with Crippen LogP contribution in [-0.2, 0) is 20.9 Å². The molecule has 17 heavy (non-hydrogen) atoms. The number of hydrogen-bond acceptors (Lipinski definition) is 4. The molecule has 0 heterocycles. The Kier molecular flexibility index (Phi) is 10.7. The molecule has 0 saturated heterocycles. The molecule has 0 aliphatic rings. The fraction of sp³-hybridized carbons (Fsp3) is 1.00. The van der Waals surface area contributed by atoms with Crippen LogP contribution in [0.2, 0.25) is 0 Å². The molecule has 0 aromatic rings. The monoisotopic (exact) mass is 284 g/mol. The number of aliphatic hydroxyl groups excluding tert-OH is 1. The summed E-state index contributed by atoms with van der Waals surface area (Å²) in [7, 11) is 0. The van der Waals surface area contributed by atoms with Crippen molar-refractivity contribution in [2.45, 2.75) is 58.5 Å². The Hall–Kier alpha value is 0.490. The van der Waals surface area contributed by atoms with Gasteiger partial charge in [0.1, 0.15) is 0 Å². The summed E-state index contributed by atoms with van der Waals surface area (Å²) in [4.78, 5) is 9.61. The molecule has 0 aromatic carbocycles. The van der Waals surface area contributed by atoms with Gasteiger partial charge in [0.05, 0.1) is 12.7 Å². The van der Waals surface area contributed by atoms with E-state index in [2.05, 4.69) is 0 Å². The van der Waals surface area contributed by atoms with E-state index < -0.39 is 6.72 Å². The molecule has 6 heteroatoms. The minimum absolute atomic E-state index is 0.107. The second kappa shape index (κ2) is 10.4. The van der Waals surface area contributed by atoms with Crippen LogP contribution in [0.5, 0.6) is 0 Å². The van der Waals surface area contributed by atoms with Crippen molar-refractivity contribution in [1.29, 1.82) is 0 Å². The zero-order valence-electron chi connectivity index (χ0n) is 10.8. The van der Waals surface area contributed by atoms with Gasteiger partial charge in [-0.1, -0.05) is 25.7 Å². The van der Waals surface area contributed by atoms with Crippen LogP contribution in [0.3, 0.4) is 0 Å². The highest BCUT2D eigenvalue weighted by Gasteiger charge is 2.16. The van der Waals surface area contributed by atoms with Crippen molar-refractivity contribution < 1.29 is 19.0 Å². The average molecular weight is 284 g/mol. The minimum Gasteiger partial charge on any atom is -0.396 e. The predicted molar refractivity (Wildman–Crippen MR) is 73.5 cm³/mol. The Balaban J connectivity index is 3.35. The van der Waals surface area contributed by atoms with Crippen LogP contribution >= 0.6 is 6.72 Å². The van der Waals surface area contributed by atoms with E-state index in [1.165, 1.54) is 0 Å². The maximum atomic E-state index is 9.61. The Morgan fingerprint density at radius 2 is 1.59 bits per heavy atom. The predicted octanol–water partition coefficient (Wildman–Crippen LogP) is 2.98. The van der Waals surface area contributed by atoms with Crippen LogP contribution in [0.4, 0.5) is 0 Å². The van der Waals surface area contributed by atoms with Gasteiger partial charge in [-0.05, 0) is 38.5 Å². The maximum absolute atomic E-state index is 9.61. The van der Waals surface area contributed by atoms with Crippen LogP contribution in [0.15, 0.2) is 0 Å². The molecule has 1 atom stereocenters. The first-order valence-corrected chi connectivity index (χ1v) is 8.83. The van der Waals surface area contributed by atoms with E-state index in [1.807, 2.05) is 13.8 Å². The van der Waals surface area contributed by atoms with Gasteiger partial charge in [0.15, 0.2) is 0 Å². The van der Waals surface area contributed by atoms with Gasteiger partial charge in [0.2, 0.25) is 0 Å². The summed E-state index contributed by atoms with van der Waals surface area (Å²) >= 11 is 4.85. The molecule has 0 spiro atoms.